The molecule has 0 radical (unpaired) electrons. The van der Waals surface area contributed by atoms with Crippen LogP contribution >= 0.6 is 0 Å². The molecular formula is C15H16N2O3. The Labute approximate surface area is 116 Å². The second-order valence-electron chi connectivity index (χ2n) is 4.98. The van der Waals surface area contributed by atoms with Crippen molar-refractivity contribution in [3.63, 3.8) is 0 Å². The van der Waals surface area contributed by atoms with E-state index in [0.29, 0.717) is 12.5 Å². The van der Waals surface area contributed by atoms with Gasteiger partial charge in [0.25, 0.3) is 0 Å². The maximum absolute atomic E-state index is 11.9. The summed E-state index contributed by atoms with van der Waals surface area (Å²) in [6, 6.07) is 10.7. The molecule has 2 rings (SSSR count). The molecule has 0 saturated carbocycles. The Morgan fingerprint density at radius 1 is 1.20 bits per heavy atom. The molecule has 0 N–H and O–H groups in total. The third-order valence-corrected chi connectivity index (χ3v) is 3.20. The molecule has 1 aromatic carbocycles. The first kappa shape index (κ1) is 14.0. The average molecular weight is 272 g/mol. The zero-order valence-corrected chi connectivity index (χ0v) is 11.4. The lowest BCUT2D eigenvalue weighted by Crippen LogP contribution is -2.22. The molecule has 0 aliphatic carbocycles. The summed E-state index contributed by atoms with van der Waals surface area (Å²) >= 11 is 0. The van der Waals surface area contributed by atoms with Crippen molar-refractivity contribution in [1.82, 2.24) is 4.57 Å². The highest BCUT2D eigenvalue weighted by Crippen LogP contribution is 2.15. The first-order valence-corrected chi connectivity index (χ1v) is 6.41. The summed E-state index contributed by atoms with van der Waals surface area (Å²) in [5.74, 6) is 0.449. The van der Waals surface area contributed by atoms with E-state index in [4.69, 9.17) is 0 Å². The Morgan fingerprint density at radius 2 is 1.85 bits per heavy atom. The predicted octanol–water partition coefficient (Wildman–Crippen LogP) is 2.93. The molecule has 0 atom stereocenters. The van der Waals surface area contributed by atoms with E-state index < -0.39 is 16.2 Å². The maximum Gasteiger partial charge on any atom is 0.334 e. The van der Waals surface area contributed by atoms with Gasteiger partial charge in [-0.3, -0.25) is 14.9 Å². The normalized spacial score (nSPS) is 10.8. The molecule has 2 aromatic rings. The summed E-state index contributed by atoms with van der Waals surface area (Å²) in [4.78, 5) is 22.0. The van der Waals surface area contributed by atoms with Gasteiger partial charge in [0.15, 0.2) is 0 Å². The van der Waals surface area contributed by atoms with Crippen LogP contribution in [-0.2, 0) is 6.54 Å². The fourth-order valence-corrected chi connectivity index (χ4v) is 1.99. The van der Waals surface area contributed by atoms with E-state index in [1.165, 1.54) is 22.3 Å². The smallest absolute Gasteiger partial charge is 0.305 e. The quantitative estimate of drug-likeness (QED) is 0.635. The molecule has 1 heterocycles. The second kappa shape index (κ2) is 5.69. The Bertz CT molecular complexity index is 672. The van der Waals surface area contributed by atoms with Gasteiger partial charge in [0.05, 0.1) is 11.5 Å². The highest BCUT2D eigenvalue weighted by molar-refractivity contribution is 5.28. The molecule has 104 valence electrons. The van der Waals surface area contributed by atoms with Gasteiger partial charge in [-0.15, -0.1) is 0 Å². The van der Waals surface area contributed by atoms with Crippen molar-refractivity contribution in [1.29, 1.82) is 0 Å². The topological polar surface area (TPSA) is 65.1 Å². The van der Waals surface area contributed by atoms with Crippen LogP contribution in [0.5, 0.6) is 0 Å². The second-order valence-corrected chi connectivity index (χ2v) is 4.98. The van der Waals surface area contributed by atoms with Crippen LogP contribution in [0.2, 0.25) is 0 Å². The van der Waals surface area contributed by atoms with Crippen LogP contribution in [0, 0.1) is 10.1 Å². The monoisotopic (exact) mass is 272 g/mol. The Hall–Kier alpha value is -2.43. The van der Waals surface area contributed by atoms with E-state index in [2.05, 4.69) is 13.8 Å². The minimum Gasteiger partial charge on any atom is -0.305 e. The van der Waals surface area contributed by atoms with Gasteiger partial charge in [0.1, 0.15) is 0 Å². The number of hydrogen-bond donors (Lipinski definition) is 0. The number of hydrogen-bond acceptors (Lipinski definition) is 3. The standard InChI is InChI=1S/C15H16N2O3/c1-11(2)13-7-5-12(6-8-13)10-16-9-3-4-14(15(16)18)17(19)20/h3-9,11H,10H2,1-2H3. The van der Waals surface area contributed by atoms with Crippen molar-refractivity contribution >= 4 is 5.69 Å². The van der Waals surface area contributed by atoms with E-state index in [1.807, 2.05) is 24.3 Å². The molecule has 0 aliphatic rings. The van der Waals surface area contributed by atoms with Gasteiger partial charge in [0.2, 0.25) is 0 Å². The van der Waals surface area contributed by atoms with Crippen molar-refractivity contribution in [2.24, 2.45) is 0 Å². The predicted molar refractivity (Wildman–Crippen MR) is 77.0 cm³/mol. The Kier molecular flexibility index (Phi) is 3.98. The lowest BCUT2D eigenvalue weighted by molar-refractivity contribution is -0.386. The van der Waals surface area contributed by atoms with Gasteiger partial charge in [-0.25, -0.2) is 0 Å². The van der Waals surface area contributed by atoms with Gasteiger partial charge in [-0.2, -0.15) is 0 Å². The van der Waals surface area contributed by atoms with E-state index in [1.54, 1.807) is 6.20 Å². The summed E-state index contributed by atoms with van der Waals surface area (Å²) in [6.45, 7) is 4.55. The number of nitro groups is 1. The number of benzene rings is 1. The number of rotatable bonds is 4. The SMILES string of the molecule is CC(C)c1ccc(Cn2cccc([N+](=O)[O-])c2=O)cc1. The van der Waals surface area contributed by atoms with Crippen molar-refractivity contribution < 1.29 is 4.92 Å². The van der Waals surface area contributed by atoms with Crippen LogP contribution in [0.4, 0.5) is 5.69 Å². The summed E-state index contributed by atoms with van der Waals surface area (Å²) in [7, 11) is 0. The molecule has 0 bridgehead atoms. The van der Waals surface area contributed by atoms with Crippen LogP contribution in [0.25, 0.3) is 0 Å². The molecule has 0 aliphatic heterocycles. The summed E-state index contributed by atoms with van der Waals surface area (Å²) in [5, 5.41) is 10.7. The molecule has 0 spiro atoms. The van der Waals surface area contributed by atoms with Crippen molar-refractivity contribution in [3.05, 3.63) is 74.2 Å². The van der Waals surface area contributed by atoms with E-state index >= 15 is 0 Å². The molecule has 20 heavy (non-hydrogen) atoms. The van der Waals surface area contributed by atoms with Gasteiger partial charge < -0.3 is 4.57 Å². The molecule has 0 amide bonds. The Balaban J connectivity index is 2.28. The van der Waals surface area contributed by atoms with Crippen LogP contribution in [-0.4, -0.2) is 9.49 Å². The van der Waals surface area contributed by atoms with Crippen LogP contribution in [0.15, 0.2) is 47.4 Å². The minimum atomic E-state index is -0.652. The van der Waals surface area contributed by atoms with Gasteiger partial charge in [0, 0.05) is 12.3 Å². The molecule has 0 saturated heterocycles. The number of nitrogens with zero attached hydrogens (tertiary/aromatic N) is 2. The lowest BCUT2D eigenvalue weighted by Gasteiger charge is -2.08. The van der Waals surface area contributed by atoms with Crippen LogP contribution in [0.3, 0.4) is 0 Å². The van der Waals surface area contributed by atoms with Gasteiger partial charge in [-0.1, -0.05) is 38.1 Å². The number of pyridine rings is 1. The Morgan fingerprint density at radius 3 is 2.40 bits per heavy atom. The largest absolute Gasteiger partial charge is 0.334 e. The third kappa shape index (κ3) is 2.93. The van der Waals surface area contributed by atoms with Crippen LogP contribution in [0.1, 0.15) is 30.9 Å². The van der Waals surface area contributed by atoms with E-state index in [0.717, 1.165) is 5.56 Å². The summed E-state index contributed by atoms with van der Waals surface area (Å²) in [5.41, 5.74) is 1.19. The molecule has 0 unspecified atom stereocenters. The van der Waals surface area contributed by atoms with Crippen LogP contribution < -0.4 is 5.56 Å². The molecule has 5 heteroatoms. The van der Waals surface area contributed by atoms with E-state index in [9.17, 15) is 14.9 Å². The highest BCUT2D eigenvalue weighted by atomic mass is 16.6. The zero-order chi connectivity index (χ0) is 14.7. The van der Waals surface area contributed by atoms with E-state index in [-0.39, 0.29) is 0 Å². The molecular weight excluding hydrogens is 256 g/mol. The summed E-state index contributed by atoms with van der Waals surface area (Å²) < 4.78 is 1.35. The first-order chi connectivity index (χ1) is 9.49. The number of aromatic nitrogens is 1. The molecule has 5 nitrogen and oxygen atoms in total. The summed E-state index contributed by atoms with van der Waals surface area (Å²) in [6.07, 6.45) is 1.56. The molecule has 1 aromatic heterocycles. The average Bonchev–Trinajstić information content (AvgIpc) is 2.41. The fourth-order valence-electron chi connectivity index (χ4n) is 1.99. The van der Waals surface area contributed by atoms with Crippen molar-refractivity contribution in [3.8, 4) is 0 Å². The third-order valence-electron chi connectivity index (χ3n) is 3.20. The maximum atomic E-state index is 11.9. The van der Waals surface area contributed by atoms with Gasteiger partial charge in [-0.05, 0) is 23.1 Å². The van der Waals surface area contributed by atoms with Gasteiger partial charge >= 0.3 is 11.2 Å². The highest BCUT2D eigenvalue weighted by Gasteiger charge is 2.13. The lowest BCUT2D eigenvalue weighted by atomic mass is 10.0. The molecule has 0 fully saturated rings. The fraction of sp³-hybridized carbons (Fsp3) is 0.267. The van der Waals surface area contributed by atoms with Crippen molar-refractivity contribution in [2.45, 2.75) is 26.3 Å². The zero-order valence-electron chi connectivity index (χ0n) is 11.4. The minimum absolute atomic E-state index is 0.332. The van der Waals surface area contributed by atoms with Crippen molar-refractivity contribution in [2.75, 3.05) is 0 Å². The first-order valence-electron chi connectivity index (χ1n) is 6.41.